The molecule has 0 aromatic carbocycles. The number of methoxy groups -OCH3 is 1. The number of rotatable bonds is 8. The van der Waals surface area contributed by atoms with Crippen LogP contribution in [0.15, 0.2) is 0 Å². The van der Waals surface area contributed by atoms with Gasteiger partial charge in [0.15, 0.2) is 0 Å². The molecule has 0 spiro atoms. The van der Waals surface area contributed by atoms with Gasteiger partial charge in [-0.25, -0.2) is 0 Å². The first-order chi connectivity index (χ1) is 7.19. The maximum absolute atomic E-state index is 5.17. The van der Waals surface area contributed by atoms with Crippen molar-refractivity contribution < 1.29 is 4.74 Å². The number of nitrogens with zero attached hydrogens (tertiary/aromatic N) is 1. The van der Waals surface area contributed by atoms with Gasteiger partial charge in [0.1, 0.15) is 0 Å². The lowest BCUT2D eigenvalue weighted by Crippen LogP contribution is -2.43. The quantitative estimate of drug-likeness (QED) is 0.662. The summed E-state index contributed by atoms with van der Waals surface area (Å²) in [5.74, 6) is 0. The summed E-state index contributed by atoms with van der Waals surface area (Å²) in [6, 6.07) is 1.98. The Balaban J connectivity index is 2.15. The van der Waals surface area contributed by atoms with Gasteiger partial charge in [-0.05, 0) is 33.2 Å². The summed E-state index contributed by atoms with van der Waals surface area (Å²) in [5, 5.41) is 3.57. The molecule has 0 amide bonds. The van der Waals surface area contributed by atoms with Gasteiger partial charge in [0.2, 0.25) is 0 Å². The summed E-state index contributed by atoms with van der Waals surface area (Å²) in [7, 11) is 4.01. The van der Waals surface area contributed by atoms with E-state index in [4.69, 9.17) is 4.74 Å². The van der Waals surface area contributed by atoms with E-state index in [1.807, 2.05) is 0 Å². The van der Waals surface area contributed by atoms with Gasteiger partial charge in [0, 0.05) is 31.8 Å². The summed E-state index contributed by atoms with van der Waals surface area (Å²) >= 11 is 0. The fourth-order valence-electron chi connectivity index (χ4n) is 1.85. The number of ether oxygens (including phenoxy) is 1. The third-order valence-corrected chi connectivity index (χ3v) is 3.38. The number of nitrogens with one attached hydrogen (secondary N) is 1. The Bertz CT molecular complexity index is 171. The fourth-order valence-corrected chi connectivity index (χ4v) is 1.85. The highest BCUT2D eigenvalue weighted by atomic mass is 16.5. The van der Waals surface area contributed by atoms with Crippen molar-refractivity contribution in [1.29, 1.82) is 0 Å². The zero-order valence-electron chi connectivity index (χ0n) is 10.6. The van der Waals surface area contributed by atoms with Crippen molar-refractivity contribution in [1.82, 2.24) is 10.2 Å². The lowest BCUT2D eigenvalue weighted by atomic mass is 10.2. The van der Waals surface area contributed by atoms with Crippen molar-refractivity contribution in [3.63, 3.8) is 0 Å². The van der Waals surface area contributed by atoms with Crippen molar-refractivity contribution >= 4 is 0 Å². The molecule has 15 heavy (non-hydrogen) atoms. The van der Waals surface area contributed by atoms with E-state index >= 15 is 0 Å². The van der Waals surface area contributed by atoms with Gasteiger partial charge < -0.3 is 10.1 Å². The van der Waals surface area contributed by atoms with Crippen LogP contribution in [0, 0.1) is 0 Å². The zero-order chi connectivity index (χ0) is 11.3. The Morgan fingerprint density at radius 1 is 1.47 bits per heavy atom. The van der Waals surface area contributed by atoms with Crippen LogP contribution in [0.1, 0.15) is 33.1 Å². The molecule has 0 bridgehead atoms. The molecule has 1 rings (SSSR count). The van der Waals surface area contributed by atoms with Crippen molar-refractivity contribution in [3.8, 4) is 0 Å². The Labute approximate surface area is 94.2 Å². The molecule has 2 atom stereocenters. The van der Waals surface area contributed by atoms with Crippen molar-refractivity contribution in [2.75, 3.05) is 27.3 Å². The largest absolute Gasteiger partial charge is 0.383 e. The normalized spacial score (nSPS) is 20.6. The molecule has 0 aromatic heterocycles. The molecule has 0 aromatic rings. The van der Waals surface area contributed by atoms with Gasteiger partial charge in [0.25, 0.3) is 0 Å². The van der Waals surface area contributed by atoms with Gasteiger partial charge >= 0.3 is 0 Å². The van der Waals surface area contributed by atoms with Crippen LogP contribution in [0.3, 0.4) is 0 Å². The first-order valence-electron chi connectivity index (χ1n) is 6.13. The van der Waals surface area contributed by atoms with Gasteiger partial charge in [-0.2, -0.15) is 0 Å². The molecule has 0 saturated heterocycles. The van der Waals surface area contributed by atoms with Crippen LogP contribution in [0.25, 0.3) is 0 Å². The smallest absolute Gasteiger partial charge is 0.0615 e. The van der Waals surface area contributed by atoms with E-state index in [1.54, 1.807) is 7.11 Å². The van der Waals surface area contributed by atoms with E-state index in [0.29, 0.717) is 12.1 Å². The molecule has 1 aliphatic carbocycles. The van der Waals surface area contributed by atoms with E-state index in [0.717, 1.165) is 25.6 Å². The lowest BCUT2D eigenvalue weighted by molar-refractivity contribution is 0.156. The van der Waals surface area contributed by atoms with E-state index in [1.165, 1.54) is 12.8 Å². The Hall–Kier alpha value is -0.120. The molecular weight excluding hydrogens is 188 g/mol. The highest BCUT2D eigenvalue weighted by Crippen LogP contribution is 2.26. The van der Waals surface area contributed by atoms with E-state index < -0.39 is 0 Å². The van der Waals surface area contributed by atoms with E-state index in [9.17, 15) is 0 Å². The van der Waals surface area contributed by atoms with E-state index in [-0.39, 0.29) is 0 Å². The minimum Gasteiger partial charge on any atom is -0.383 e. The second kappa shape index (κ2) is 6.46. The average Bonchev–Trinajstić information content (AvgIpc) is 3.06. The molecule has 0 radical (unpaired) electrons. The zero-order valence-corrected chi connectivity index (χ0v) is 10.6. The van der Waals surface area contributed by atoms with Crippen LogP contribution in [-0.2, 0) is 4.74 Å². The van der Waals surface area contributed by atoms with Crippen molar-refractivity contribution in [2.45, 2.75) is 51.2 Å². The Morgan fingerprint density at radius 2 is 2.13 bits per heavy atom. The summed E-state index contributed by atoms with van der Waals surface area (Å²) < 4.78 is 5.17. The molecule has 1 aliphatic rings. The van der Waals surface area contributed by atoms with Gasteiger partial charge in [-0.1, -0.05) is 6.92 Å². The van der Waals surface area contributed by atoms with Gasteiger partial charge in [-0.3, -0.25) is 4.90 Å². The third-order valence-electron chi connectivity index (χ3n) is 3.38. The van der Waals surface area contributed by atoms with Crippen LogP contribution in [0.5, 0.6) is 0 Å². The second-order valence-electron chi connectivity index (χ2n) is 4.71. The topological polar surface area (TPSA) is 24.5 Å². The first-order valence-corrected chi connectivity index (χ1v) is 6.13. The van der Waals surface area contributed by atoms with Gasteiger partial charge in [-0.15, -0.1) is 0 Å². The second-order valence-corrected chi connectivity index (χ2v) is 4.71. The van der Waals surface area contributed by atoms with Crippen LogP contribution >= 0.6 is 0 Å². The average molecular weight is 214 g/mol. The number of hydrogen-bond acceptors (Lipinski definition) is 3. The van der Waals surface area contributed by atoms with Crippen molar-refractivity contribution in [2.24, 2.45) is 0 Å². The minimum atomic E-state index is 0.505. The molecule has 3 nitrogen and oxygen atoms in total. The third kappa shape index (κ3) is 4.49. The van der Waals surface area contributed by atoms with Crippen molar-refractivity contribution in [3.05, 3.63) is 0 Å². The predicted octanol–water partition coefficient (Wildman–Crippen LogP) is 1.48. The highest BCUT2D eigenvalue weighted by molar-refractivity contribution is 4.86. The minimum absolute atomic E-state index is 0.505. The summed E-state index contributed by atoms with van der Waals surface area (Å²) in [4.78, 5) is 2.49. The summed E-state index contributed by atoms with van der Waals surface area (Å²) in [5.41, 5.74) is 0. The van der Waals surface area contributed by atoms with E-state index in [2.05, 4.69) is 31.1 Å². The highest BCUT2D eigenvalue weighted by Gasteiger charge is 2.28. The van der Waals surface area contributed by atoms with Crippen LogP contribution < -0.4 is 5.32 Å². The summed E-state index contributed by atoms with van der Waals surface area (Å²) in [6.45, 7) is 6.38. The molecule has 1 fully saturated rings. The lowest BCUT2D eigenvalue weighted by Gasteiger charge is -2.27. The Kier molecular flexibility index (Phi) is 5.58. The predicted molar refractivity (Wildman–Crippen MR) is 64.2 cm³/mol. The summed E-state index contributed by atoms with van der Waals surface area (Å²) in [6.07, 6.45) is 3.90. The molecule has 90 valence electrons. The van der Waals surface area contributed by atoms with Crippen LogP contribution in [0.4, 0.5) is 0 Å². The number of hydrogen-bond donors (Lipinski definition) is 1. The maximum atomic E-state index is 5.17. The number of likely N-dealkylation sites (N-methyl/N-ethyl adjacent to an activating group) is 1. The van der Waals surface area contributed by atoms with Gasteiger partial charge in [0.05, 0.1) is 6.61 Å². The van der Waals surface area contributed by atoms with Crippen LogP contribution in [0.2, 0.25) is 0 Å². The molecular formula is C12H26N2O. The molecule has 1 N–H and O–H groups in total. The van der Waals surface area contributed by atoms with Crippen LogP contribution in [-0.4, -0.2) is 50.3 Å². The molecule has 1 saturated carbocycles. The SMILES string of the molecule is CCC(COC)NCC(C)N(C)C1CC1. The standard InChI is InChI=1S/C12H26N2O/c1-5-11(9-15-4)13-8-10(2)14(3)12-6-7-12/h10-13H,5-9H2,1-4H3. The molecule has 2 unspecified atom stereocenters. The Morgan fingerprint density at radius 3 is 2.60 bits per heavy atom. The fraction of sp³-hybridized carbons (Fsp3) is 1.00. The maximum Gasteiger partial charge on any atom is 0.0615 e. The molecule has 3 heteroatoms. The molecule has 0 heterocycles. The molecule has 0 aliphatic heterocycles. The first kappa shape index (κ1) is 12.9. The monoisotopic (exact) mass is 214 g/mol.